The zero-order valence-electron chi connectivity index (χ0n) is 18.8. The Morgan fingerprint density at radius 2 is 1.91 bits per heavy atom. The zero-order chi connectivity index (χ0) is 24.0. The van der Waals surface area contributed by atoms with Crippen molar-refractivity contribution < 1.29 is 14.7 Å². The van der Waals surface area contributed by atoms with E-state index in [1.54, 1.807) is 32.4 Å². The fourth-order valence-corrected chi connectivity index (χ4v) is 3.64. The van der Waals surface area contributed by atoms with Gasteiger partial charge in [-0.1, -0.05) is 37.3 Å². The van der Waals surface area contributed by atoms with Crippen LogP contribution in [0.4, 0.5) is 5.69 Å². The number of carbonyl (C=O) groups excluding carboxylic acids is 1. The van der Waals surface area contributed by atoms with Crippen LogP contribution in [-0.2, 0) is 23.2 Å². The molecule has 0 bridgehead atoms. The fraction of sp³-hybridized carbons (Fsp3) is 0.333. The summed E-state index contributed by atoms with van der Waals surface area (Å²) in [5.74, 6) is -1.44. The lowest BCUT2D eigenvalue weighted by Crippen LogP contribution is -2.26. The van der Waals surface area contributed by atoms with Crippen molar-refractivity contribution in [3.63, 3.8) is 0 Å². The Labute approximate surface area is 192 Å². The molecule has 1 fully saturated rings. The average molecular weight is 452 g/mol. The molecule has 33 heavy (non-hydrogen) atoms. The molecule has 1 aromatic carbocycles. The molecule has 3 heterocycles. The Balaban J connectivity index is 0.000000555. The molecular weight excluding hydrogens is 422 g/mol. The number of pyridine rings is 1. The maximum absolute atomic E-state index is 12.2. The van der Waals surface area contributed by atoms with E-state index >= 15 is 0 Å². The predicted octanol–water partition coefficient (Wildman–Crippen LogP) is 2.09. The molecule has 1 saturated heterocycles. The summed E-state index contributed by atoms with van der Waals surface area (Å²) in [6.07, 6.45) is 6.57. The number of carbonyl (C=O) groups is 2. The molecule has 0 unspecified atom stereocenters. The van der Waals surface area contributed by atoms with E-state index in [9.17, 15) is 19.5 Å². The molecule has 0 radical (unpaired) electrons. The third-order valence-electron chi connectivity index (χ3n) is 5.56. The number of carboxylic acids is 1. The van der Waals surface area contributed by atoms with Gasteiger partial charge >= 0.3 is 5.97 Å². The van der Waals surface area contributed by atoms with Crippen LogP contribution in [0.15, 0.2) is 59.8 Å². The Bertz CT molecular complexity index is 1170. The van der Waals surface area contributed by atoms with Crippen LogP contribution in [0.25, 0.3) is 11.1 Å². The first-order valence-electron chi connectivity index (χ1n) is 10.8. The second kappa shape index (κ2) is 10.6. The van der Waals surface area contributed by atoms with Crippen molar-refractivity contribution in [2.24, 2.45) is 18.7 Å². The normalized spacial score (nSPS) is 15.1. The van der Waals surface area contributed by atoms with Gasteiger partial charge in [0.05, 0.1) is 24.3 Å². The van der Waals surface area contributed by atoms with Crippen molar-refractivity contribution in [2.75, 3.05) is 18.0 Å². The summed E-state index contributed by atoms with van der Waals surface area (Å²) in [6, 6.07) is 11.7. The molecule has 4 rings (SSSR count). The van der Waals surface area contributed by atoms with Crippen molar-refractivity contribution in [2.45, 2.75) is 26.3 Å². The van der Waals surface area contributed by atoms with Gasteiger partial charge in [-0.15, -0.1) is 0 Å². The maximum atomic E-state index is 12.2. The summed E-state index contributed by atoms with van der Waals surface area (Å²) in [4.78, 5) is 35.1. The number of anilines is 1. The third-order valence-corrected chi connectivity index (χ3v) is 5.56. The number of aliphatic carboxylic acids is 1. The van der Waals surface area contributed by atoms with Crippen molar-refractivity contribution >= 4 is 17.6 Å². The van der Waals surface area contributed by atoms with Crippen LogP contribution >= 0.6 is 0 Å². The SMILES string of the molecule is CCC(N)=O.Cn1cc(-c2cnn(Cc3ccccc3)c2)c(N2CC[C@H](C(=O)O)C2)cc1=O. The number of aryl methyl sites for hydroxylation is 1. The maximum Gasteiger partial charge on any atom is 0.308 e. The first-order valence-corrected chi connectivity index (χ1v) is 10.8. The number of carboxylic acid groups (broad SMARTS) is 1. The number of aromatic nitrogens is 3. The number of amides is 1. The largest absolute Gasteiger partial charge is 0.481 e. The Kier molecular flexibility index (Phi) is 7.66. The molecule has 0 spiro atoms. The molecule has 0 saturated carbocycles. The number of nitrogens with zero attached hydrogens (tertiary/aromatic N) is 4. The lowest BCUT2D eigenvalue weighted by molar-refractivity contribution is -0.140. The van der Waals surface area contributed by atoms with E-state index < -0.39 is 11.9 Å². The number of hydrogen-bond acceptors (Lipinski definition) is 5. The van der Waals surface area contributed by atoms with Crippen LogP contribution < -0.4 is 16.2 Å². The van der Waals surface area contributed by atoms with Crippen LogP contribution in [0.1, 0.15) is 25.3 Å². The highest BCUT2D eigenvalue weighted by molar-refractivity contribution is 5.79. The van der Waals surface area contributed by atoms with E-state index in [1.807, 2.05) is 34.0 Å². The Morgan fingerprint density at radius 3 is 2.52 bits per heavy atom. The molecular formula is C24H29N5O4. The molecule has 1 amide bonds. The van der Waals surface area contributed by atoms with Gasteiger partial charge in [0, 0.05) is 56.1 Å². The summed E-state index contributed by atoms with van der Waals surface area (Å²) in [5, 5.41) is 13.8. The van der Waals surface area contributed by atoms with Gasteiger partial charge in [0.25, 0.3) is 5.56 Å². The van der Waals surface area contributed by atoms with Gasteiger partial charge < -0.3 is 20.3 Å². The smallest absolute Gasteiger partial charge is 0.308 e. The van der Waals surface area contributed by atoms with Gasteiger partial charge in [-0.2, -0.15) is 5.10 Å². The molecule has 2 aromatic heterocycles. The molecule has 9 heteroatoms. The number of rotatable bonds is 6. The minimum Gasteiger partial charge on any atom is -0.481 e. The van der Waals surface area contributed by atoms with Crippen LogP contribution in [-0.4, -0.2) is 44.4 Å². The monoisotopic (exact) mass is 451 g/mol. The van der Waals surface area contributed by atoms with Crippen LogP contribution in [0.5, 0.6) is 0 Å². The highest BCUT2D eigenvalue weighted by Crippen LogP contribution is 2.32. The molecule has 3 N–H and O–H groups in total. The summed E-state index contributed by atoms with van der Waals surface area (Å²) >= 11 is 0. The van der Waals surface area contributed by atoms with E-state index in [-0.39, 0.29) is 11.5 Å². The lowest BCUT2D eigenvalue weighted by Gasteiger charge is -2.21. The van der Waals surface area contributed by atoms with Gasteiger partial charge in [0.1, 0.15) is 0 Å². The topological polar surface area (TPSA) is 123 Å². The zero-order valence-corrected chi connectivity index (χ0v) is 18.8. The quantitative estimate of drug-likeness (QED) is 0.592. The van der Waals surface area contributed by atoms with E-state index in [0.717, 1.165) is 22.4 Å². The van der Waals surface area contributed by atoms with E-state index in [2.05, 4.69) is 23.0 Å². The minimum absolute atomic E-state index is 0.116. The number of benzene rings is 1. The van der Waals surface area contributed by atoms with Gasteiger partial charge in [-0.05, 0) is 12.0 Å². The molecule has 9 nitrogen and oxygen atoms in total. The number of nitrogens with two attached hydrogens (primary N) is 1. The molecule has 1 aliphatic rings. The van der Waals surface area contributed by atoms with E-state index in [0.29, 0.717) is 32.5 Å². The lowest BCUT2D eigenvalue weighted by atomic mass is 10.1. The third kappa shape index (κ3) is 6.09. The van der Waals surface area contributed by atoms with Gasteiger partial charge in [0.15, 0.2) is 0 Å². The summed E-state index contributed by atoms with van der Waals surface area (Å²) in [7, 11) is 1.72. The molecule has 3 aromatic rings. The van der Waals surface area contributed by atoms with Crippen molar-refractivity contribution in [3.05, 3.63) is 70.9 Å². The molecule has 0 aliphatic carbocycles. The second-order valence-electron chi connectivity index (χ2n) is 8.02. The molecule has 1 atom stereocenters. The molecule has 174 valence electrons. The number of primary amides is 1. The average Bonchev–Trinajstić information content (AvgIpc) is 3.46. The van der Waals surface area contributed by atoms with Crippen molar-refractivity contribution in [3.8, 4) is 11.1 Å². The summed E-state index contributed by atoms with van der Waals surface area (Å²) in [6.45, 7) is 3.41. The highest BCUT2D eigenvalue weighted by Gasteiger charge is 2.30. The van der Waals surface area contributed by atoms with Crippen molar-refractivity contribution in [1.82, 2.24) is 14.3 Å². The highest BCUT2D eigenvalue weighted by atomic mass is 16.4. The summed E-state index contributed by atoms with van der Waals surface area (Å²) < 4.78 is 3.40. The van der Waals surface area contributed by atoms with Gasteiger partial charge in [0.2, 0.25) is 5.91 Å². The van der Waals surface area contributed by atoms with E-state index in [4.69, 9.17) is 0 Å². The first kappa shape index (κ1) is 23.8. The second-order valence-corrected chi connectivity index (χ2v) is 8.02. The Hall–Kier alpha value is -3.88. The molecule has 1 aliphatic heterocycles. The van der Waals surface area contributed by atoms with Crippen LogP contribution in [0.2, 0.25) is 0 Å². The van der Waals surface area contributed by atoms with Crippen LogP contribution in [0, 0.1) is 5.92 Å². The van der Waals surface area contributed by atoms with E-state index in [1.165, 1.54) is 4.57 Å². The summed E-state index contributed by atoms with van der Waals surface area (Å²) in [5.41, 5.74) is 8.25. The minimum atomic E-state index is -0.788. The van der Waals surface area contributed by atoms with Crippen LogP contribution in [0.3, 0.4) is 0 Å². The predicted molar refractivity (Wildman–Crippen MR) is 126 cm³/mol. The van der Waals surface area contributed by atoms with Crippen molar-refractivity contribution in [1.29, 1.82) is 0 Å². The van der Waals surface area contributed by atoms with Gasteiger partial charge in [-0.25, -0.2) is 0 Å². The fourth-order valence-electron chi connectivity index (χ4n) is 3.64. The standard InChI is InChI=1S/C21H22N4O3.C3H7NO/c1-23-14-18(17-10-22-25(13-17)11-15-5-3-2-4-6-15)19(9-20(23)26)24-8-7-16(12-24)21(27)28;1-2-3(4)5/h2-6,9-10,13-14,16H,7-8,11-12H2,1H3,(H,27,28);2H2,1H3,(H2,4,5)/t16-;/m0./s1. The number of hydrogen-bond donors (Lipinski definition) is 2. The van der Waals surface area contributed by atoms with Gasteiger partial charge in [-0.3, -0.25) is 19.1 Å². The first-order chi connectivity index (χ1) is 15.8. The Morgan fingerprint density at radius 1 is 1.21 bits per heavy atom.